The van der Waals surface area contributed by atoms with Gasteiger partial charge < -0.3 is 0 Å². The Hall–Kier alpha value is -3.16. The summed E-state index contributed by atoms with van der Waals surface area (Å²) in [6.07, 6.45) is 10.7. The Morgan fingerprint density at radius 3 is 1.13 bits per heavy atom. The Kier molecular flexibility index (Phi) is 11.5. The monoisotopic (exact) mass is 602 g/mol. The van der Waals surface area contributed by atoms with Crippen LogP contribution < -0.4 is 4.48 Å². The first-order chi connectivity index (χ1) is 21.5. The zero-order valence-corrected chi connectivity index (χ0v) is 30.5. The van der Waals surface area contributed by atoms with E-state index >= 15 is 0 Å². The van der Waals surface area contributed by atoms with E-state index in [4.69, 9.17) is 0 Å². The van der Waals surface area contributed by atoms with Gasteiger partial charge in [-0.25, -0.2) is 0 Å². The van der Waals surface area contributed by atoms with E-state index in [0.717, 1.165) is 19.3 Å². The molecule has 4 aromatic rings. The second kappa shape index (κ2) is 15.0. The van der Waals surface area contributed by atoms with Gasteiger partial charge in [-0.05, 0) is 111 Å². The van der Waals surface area contributed by atoms with Crippen LogP contribution in [0.2, 0.25) is 0 Å². The number of rotatable bonds is 13. The minimum atomic E-state index is 0.633. The first kappa shape index (κ1) is 34.7. The summed E-state index contributed by atoms with van der Waals surface area (Å²) in [6.45, 7) is 25.7. The molecule has 0 saturated heterocycles. The molecule has 0 heterocycles. The van der Waals surface area contributed by atoms with Crippen LogP contribution in [0.15, 0.2) is 54.6 Å². The predicted octanol–water partition coefficient (Wildman–Crippen LogP) is 13.5. The van der Waals surface area contributed by atoms with Crippen LogP contribution in [0.3, 0.4) is 0 Å². The van der Waals surface area contributed by atoms with E-state index < -0.39 is 0 Å². The largest absolute Gasteiger partial charge is 0.193 e. The molecule has 4 aromatic carbocycles. The van der Waals surface area contributed by atoms with Gasteiger partial charge in [0.1, 0.15) is 0 Å². The second-order valence-corrected chi connectivity index (χ2v) is 13.9. The summed E-state index contributed by atoms with van der Waals surface area (Å²) in [6, 6.07) is 21.6. The summed E-state index contributed by atoms with van der Waals surface area (Å²) >= 11 is 0. The SMILES string of the molecule is CCCCc1c(C)c(CCCC)c(CCCC)c([N+](c2ccc(C)cc2C)(c2ccc(C)cc2C)c2ccc(C)cc2C)c1C. The zero-order valence-electron chi connectivity index (χ0n) is 30.5. The molecule has 0 unspecified atom stereocenters. The molecular formula is C44H60N+. The Balaban J connectivity index is 2.40. The van der Waals surface area contributed by atoms with Gasteiger partial charge in [-0.3, -0.25) is 0 Å². The van der Waals surface area contributed by atoms with Gasteiger partial charge in [-0.1, -0.05) is 93.1 Å². The highest BCUT2D eigenvalue weighted by atomic mass is 15.4. The van der Waals surface area contributed by atoms with Crippen LogP contribution in [-0.2, 0) is 19.3 Å². The Morgan fingerprint density at radius 2 is 0.778 bits per heavy atom. The van der Waals surface area contributed by atoms with E-state index in [1.807, 2.05) is 0 Å². The van der Waals surface area contributed by atoms with Gasteiger partial charge in [0, 0.05) is 46.0 Å². The van der Waals surface area contributed by atoms with Gasteiger partial charge >= 0.3 is 0 Å². The summed E-state index contributed by atoms with van der Waals surface area (Å²) in [4.78, 5) is 0. The lowest BCUT2D eigenvalue weighted by atomic mass is 9.82. The summed E-state index contributed by atoms with van der Waals surface area (Å²) in [5.41, 5.74) is 21.5. The summed E-state index contributed by atoms with van der Waals surface area (Å²) in [7, 11) is 0. The molecule has 0 fully saturated rings. The van der Waals surface area contributed by atoms with E-state index in [1.165, 1.54) is 100 Å². The number of benzene rings is 4. The Morgan fingerprint density at radius 1 is 0.422 bits per heavy atom. The first-order valence-corrected chi connectivity index (χ1v) is 17.8. The van der Waals surface area contributed by atoms with Gasteiger partial charge in [0.05, 0.1) is 0 Å². The van der Waals surface area contributed by atoms with E-state index in [9.17, 15) is 0 Å². The lowest BCUT2D eigenvalue weighted by molar-refractivity contribution is 0.657. The molecule has 0 radical (unpaired) electrons. The van der Waals surface area contributed by atoms with E-state index in [2.05, 4.69) is 131 Å². The maximum atomic E-state index is 2.47. The van der Waals surface area contributed by atoms with Crippen molar-refractivity contribution >= 4 is 22.7 Å². The normalized spacial score (nSPS) is 11.8. The fourth-order valence-corrected chi connectivity index (χ4v) is 8.00. The molecule has 0 bridgehead atoms. The minimum absolute atomic E-state index is 0.633. The molecule has 240 valence electrons. The van der Waals surface area contributed by atoms with Crippen molar-refractivity contribution < 1.29 is 0 Å². The maximum Gasteiger partial charge on any atom is 0.154 e. The fourth-order valence-electron chi connectivity index (χ4n) is 8.00. The smallest absolute Gasteiger partial charge is 0.154 e. The van der Waals surface area contributed by atoms with Crippen LogP contribution in [0.5, 0.6) is 0 Å². The van der Waals surface area contributed by atoms with Crippen LogP contribution in [0, 0.1) is 55.4 Å². The quantitative estimate of drug-likeness (QED) is 0.134. The summed E-state index contributed by atoms with van der Waals surface area (Å²) < 4.78 is 0.633. The van der Waals surface area contributed by atoms with Crippen molar-refractivity contribution in [2.45, 2.75) is 134 Å². The van der Waals surface area contributed by atoms with Crippen molar-refractivity contribution in [3.05, 3.63) is 116 Å². The molecule has 0 N–H and O–H groups in total. The van der Waals surface area contributed by atoms with E-state index in [-0.39, 0.29) is 0 Å². The predicted molar refractivity (Wildman–Crippen MR) is 200 cm³/mol. The van der Waals surface area contributed by atoms with Crippen molar-refractivity contribution in [3.8, 4) is 0 Å². The molecule has 0 atom stereocenters. The van der Waals surface area contributed by atoms with Crippen molar-refractivity contribution in [2.24, 2.45) is 0 Å². The molecule has 0 spiro atoms. The van der Waals surface area contributed by atoms with Crippen LogP contribution in [0.1, 0.15) is 120 Å². The number of quaternary nitrogens is 1. The van der Waals surface area contributed by atoms with Gasteiger partial charge in [-0.15, -0.1) is 0 Å². The third-order valence-electron chi connectivity index (χ3n) is 10.2. The number of hydrogen-bond acceptors (Lipinski definition) is 0. The van der Waals surface area contributed by atoms with Crippen LogP contribution >= 0.6 is 0 Å². The summed E-state index contributed by atoms with van der Waals surface area (Å²) in [5.74, 6) is 0. The average Bonchev–Trinajstić information content (AvgIpc) is 2.98. The Labute approximate surface area is 276 Å². The minimum Gasteiger partial charge on any atom is -0.193 e. The lowest BCUT2D eigenvalue weighted by Crippen LogP contribution is -2.38. The van der Waals surface area contributed by atoms with Crippen LogP contribution in [0.25, 0.3) is 0 Å². The van der Waals surface area contributed by atoms with Crippen molar-refractivity contribution in [3.63, 3.8) is 0 Å². The van der Waals surface area contributed by atoms with Crippen LogP contribution in [-0.4, -0.2) is 0 Å². The fraction of sp³-hybridized carbons (Fsp3) is 0.455. The zero-order chi connectivity index (χ0) is 32.9. The molecule has 0 saturated carbocycles. The number of aryl methyl sites for hydroxylation is 6. The number of nitrogens with zero attached hydrogens (tertiary/aromatic N) is 1. The molecule has 4 rings (SSSR count). The van der Waals surface area contributed by atoms with Gasteiger partial charge in [0.15, 0.2) is 22.7 Å². The van der Waals surface area contributed by atoms with Crippen LogP contribution in [0.4, 0.5) is 22.7 Å². The average molecular weight is 603 g/mol. The Bertz CT molecular complexity index is 1510. The highest BCUT2D eigenvalue weighted by Gasteiger charge is 2.46. The topological polar surface area (TPSA) is 0 Å². The molecule has 0 aliphatic heterocycles. The highest BCUT2D eigenvalue weighted by Crippen LogP contribution is 2.58. The molecule has 45 heavy (non-hydrogen) atoms. The van der Waals surface area contributed by atoms with E-state index in [0.29, 0.717) is 4.48 Å². The third kappa shape index (κ3) is 6.71. The van der Waals surface area contributed by atoms with Crippen molar-refractivity contribution in [1.82, 2.24) is 4.48 Å². The second-order valence-electron chi connectivity index (χ2n) is 13.9. The van der Waals surface area contributed by atoms with Crippen molar-refractivity contribution in [2.75, 3.05) is 0 Å². The van der Waals surface area contributed by atoms with Crippen molar-refractivity contribution in [1.29, 1.82) is 0 Å². The molecule has 1 heteroatoms. The summed E-state index contributed by atoms with van der Waals surface area (Å²) in [5, 5.41) is 0. The molecule has 0 amide bonds. The first-order valence-electron chi connectivity index (χ1n) is 17.8. The van der Waals surface area contributed by atoms with Gasteiger partial charge in [0.2, 0.25) is 0 Å². The number of unbranched alkanes of at least 4 members (excludes halogenated alkanes) is 3. The molecule has 0 aliphatic rings. The number of hydrogen-bond donors (Lipinski definition) is 0. The standard InChI is InChI=1S/C44H60N/c1-12-15-18-38-36(10)39(19-16-13-2)40(20-17-14-3)44(37(38)11)45(41-24-21-30(4)27-33(41)7,42-25-22-31(5)28-34(42)8)43-26-23-32(6)29-35(43)9/h21-29H,12-20H2,1-11H3/q+1. The van der Waals surface area contributed by atoms with E-state index in [1.54, 1.807) is 22.3 Å². The molecule has 0 aromatic heterocycles. The highest BCUT2D eigenvalue weighted by molar-refractivity contribution is 5.89. The van der Waals surface area contributed by atoms with Gasteiger partial charge in [0.25, 0.3) is 0 Å². The molecule has 0 aliphatic carbocycles. The third-order valence-corrected chi connectivity index (χ3v) is 10.2. The lowest BCUT2D eigenvalue weighted by Gasteiger charge is -2.43. The maximum absolute atomic E-state index is 2.47. The molecule has 1 nitrogen and oxygen atoms in total. The molecular weight excluding hydrogens is 542 g/mol. The van der Waals surface area contributed by atoms with Gasteiger partial charge in [-0.2, -0.15) is 4.48 Å².